The lowest BCUT2D eigenvalue weighted by Gasteiger charge is -2.18. The van der Waals surface area contributed by atoms with Crippen molar-refractivity contribution in [1.29, 1.82) is 0 Å². The summed E-state index contributed by atoms with van der Waals surface area (Å²) in [4.78, 5) is 16.3. The molecule has 6 heteroatoms. The maximum absolute atomic E-state index is 12.3. The van der Waals surface area contributed by atoms with E-state index in [-0.39, 0.29) is 5.89 Å². The highest BCUT2D eigenvalue weighted by molar-refractivity contribution is 6.01. The number of aromatic nitrogens is 1. The predicted octanol–water partition coefficient (Wildman–Crippen LogP) is 3.37. The van der Waals surface area contributed by atoms with E-state index in [0.29, 0.717) is 36.2 Å². The Morgan fingerprint density at radius 2 is 1.79 bits per heavy atom. The molecule has 0 saturated carbocycles. The number of oxazole rings is 1. The lowest BCUT2D eigenvalue weighted by atomic mass is 10.2. The fourth-order valence-corrected chi connectivity index (χ4v) is 2.42. The number of carbonyl (C=O) groups excluding carboxylic acids is 1. The van der Waals surface area contributed by atoms with Crippen molar-refractivity contribution in [3.8, 4) is 22.8 Å². The van der Waals surface area contributed by atoms with Crippen molar-refractivity contribution < 1.29 is 18.7 Å². The molecule has 1 amide bonds. The van der Waals surface area contributed by atoms with Crippen molar-refractivity contribution in [1.82, 2.24) is 4.98 Å². The molecule has 0 radical (unpaired) electrons. The van der Waals surface area contributed by atoms with Gasteiger partial charge in [-0.3, -0.25) is 4.79 Å². The molecule has 0 atom stereocenters. The lowest BCUT2D eigenvalue weighted by Crippen LogP contribution is -2.16. The van der Waals surface area contributed by atoms with Gasteiger partial charge in [-0.25, -0.2) is 4.98 Å². The Hall–Kier alpha value is -3.28. The summed E-state index contributed by atoms with van der Waals surface area (Å²) in [6, 6.07) is 14.7. The first kappa shape index (κ1) is 14.3. The second-order valence-corrected chi connectivity index (χ2v) is 5.21. The molecule has 1 aliphatic rings. The molecule has 1 aliphatic heterocycles. The van der Waals surface area contributed by atoms with Gasteiger partial charge in [0.2, 0.25) is 0 Å². The Morgan fingerprint density at radius 1 is 1.00 bits per heavy atom. The van der Waals surface area contributed by atoms with Crippen LogP contribution in [0.25, 0.3) is 11.3 Å². The number of fused-ring (bicyclic) bond motifs is 1. The summed E-state index contributed by atoms with van der Waals surface area (Å²) in [7, 11) is 0. The predicted molar refractivity (Wildman–Crippen MR) is 87.3 cm³/mol. The molecular weight excluding hydrogens is 308 g/mol. The summed E-state index contributed by atoms with van der Waals surface area (Å²) < 4.78 is 16.5. The Morgan fingerprint density at radius 3 is 2.62 bits per heavy atom. The summed E-state index contributed by atoms with van der Waals surface area (Å²) in [5.74, 6) is 1.40. The number of anilines is 1. The van der Waals surface area contributed by atoms with Crippen molar-refractivity contribution in [2.75, 3.05) is 18.5 Å². The van der Waals surface area contributed by atoms with Gasteiger partial charge in [0.05, 0.1) is 6.20 Å². The van der Waals surface area contributed by atoms with E-state index in [9.17, 15) is 4.79 Å². The van der Waals surface area contributed by atoms with Crippen LogP contribution in [-0.4, -0.2) is 24.1 Å². The molecule has 0 bridgehead atoms. The molecule has 0 unspecified atom stereocenters. The zero-order chi connectivity index (χ0) is 16.4. The lowest BCUT2D eigenvalue weighted by molar-refractivity contribution is 0.0991. The molecule has 4 rings (SSSR count). The van der Waals surface area contributed by atoms with Crippen molar-refractivity contribution in [3.05, 3.63) is 60.6 Å². The molecule has 0 saturated heterocycles. The normalized spacial score (nSPS) is 12.7. The van der Waals surface area contributed by atoms with Crippen molar-refractivity contribution in [2.24, 2.45) is 0 Å². The molecule has 6 nitrogen and oxygen atoms in total. The van der Waals surface area contributed by atoms with Crippen LogP contribution in [0.3, 0.4) is 0 Å². The minimum atomic E-state index is -0.422. The van der Waals surface area contributed by atoms with Crippen LogP contribution in [0.2, 0.25) is 0 Å². The van der Waals surface area contributed by atoms with Gasteiger partial charge in [0, 0.05) is 17.3 Å². The summed E-state index contributed by atoms with van der Waals surface area (Å²) in [6.07, 6.45) is 1.54. The van der Waals surface area contributed by atoms with Crippen LogP contribution in [0.15, 0.2) is 59.1 Å². The smallest absolute Gasteiger partial charge is 0.311 e. The standard InChI is InChI=1S/C18H14N2O4/c21-17(18-19-11-16(24-18)12-4-2-1-3-5-12)20-13-6-7-14-15(10-13)23-9-8-22-14/h1-7,10-11H,8-9H2,(H,20,21). The van der Waals surface area contributed by atoms with Crippen LogP contribution < -0.4 is 14.8 Å². The molecule has 0 spiro atoms. The third-order valence-corrected chi connectivity index (χ3v) is 3.56. The average Bonchev–Trinajstić information content (AvgIpc) is 3.13. The van der Waals surface area contributed by atoms with E-state index >= 15 is 0 Å². The van der Waals surface area contributed by atoms with Gasteiger partial charge in [0.15, 0.2) is 17.3 Å². The third kappa shape index (κ3) is 2.81. The minimum Gasteiger partial charge on any atom is -0.486 e. The monoisotopic (exact) mass is 322 g/mol. The highest BCUT2D eigenvalue weighted by Gasteiger charge is 2.17. The van der Waals surface area contributed by atoms with Crippen LogP contribution >= 0.6 is 0 Å². The molecular formula is C18H14N2O4. The van der Waals surface area contributed by atoms with Gasteiger partial charge in [-0.1, -0.05) is 30.3 Å². The highest BCUT2D eigenvalue weighted by atomic mass is 16.6. The van der Waals surface area contributed by atoms with Crippen LogP contribution in [-0.2, 0) is 0 Å². The molecule has 120 valence electrons. The first-order valence-electron chi connectivity index (χ1n) is 7.52. The largest absolute Gasteiger partial charge is 0.486 e. The second kappa shape index (κ2) is 6.08. The highest BCUT2D eigenvalue weighted by Crippen LogP contribution is 2.32. The first-order chi connectivity index (χ1) is 11.8. The third-order valence-electron chi connectivity index (χ3n) is 3.56. The van der Waals surface area contributed by atoms with Crippen LogP contribution in [0.1, 0.15) is 10.7 Å². The van der Waals surface area contributed by atoms with Crippen molar-refractivity contribution >= 4 is 11.6 Å². The summed E-state index contributed by atoms with van der Waals surface area (Å²) in [5.41, 5.74) is 1.45. The number of benzene rings is 2. The Bertz CT molecular complexity index is 874. The maximum Gasteiger partial charge on any atom is 0.311 e. The van der Waals surface area contributed by atoms with Crippen molar-refractivity contribution in [3.63, 3.8) is 0 Å². The molecule has 0 fully saturated rings. The molecule has 24 heavy (non-hydrogen) atoms. The summed E-state index contributed by atoms with van der Waals surface area (Å²) >= 11 is 0. The number of ether oxygens (including phenoxy) is 2. The molecule has 2 heterocycles. The number of hydrogen-bond donors (Lipinski definition) is 1. The van der Waals surface area contributed by atoms with E-state index < -0.39 is 5.91 Å². The van der Waals surface area contributed by atoms with Crippen molar-refractivity contribution in [2.45, 2.75) is 0 Å². The molecule has 1 aromatic heterocycles. The van der Waals surface area contributed by atoms with E-state index in [4.69, 9.17) is 13.9 Å². The number of carbonyl (C=O) groups is 1. The SMILES string of the molecule is O=C(Nc1ccc2c(c1)OCCO2)c1ncc(-c2ccccc2)o1. The van der Waals surface area contributed by atoms with Crippen LogP contribution in [0.5, 0.6) is 11.5 Å². The number of amides is 1. The van der Waals surface area contributed by atoms with Gasteiger partial charge in [-0.2, -0.15) is 0 Å². The first-order valence-corrected chi connectivity index (χ1v) is 7.52. The quantitative estimate of drug-likeness (QED) is 0.800. The zero-order valence-electron chi connectivity index (χ0n) is 12.7. The van der Waals surface area contributed by atoms with E-state index in [1.807, 2.05) is 30.3 Å². The molecule has 3 aromatic rings. The van der Waals surface area contributed by atoms with Crippen LogP contribution in [0, 0.1) is 0 Å². The number of nitrogens with zero attached hydrogens (tertiary/aromatic N) is 1. The van der Waals surface area contributed by atoms with Gasteiger partial charge in [-0.15, -0.1) is 0 Å². The molecule has 1 N–H and O–H groups in total. The average molecular weight is 322 g/mol. The summed E-state index contributed by atoms with van der Waals surface area (Å²) in [5, 5.41) is 2.74. The van der Waals surface area contributed by atoms with Gasteiger partial charge < -0.3 is 19.2 Å². The van der Waals surface area contributed by atoms with E-state index in [2.05, 4.69) is 10.3 Å². The van der Waals surface area contributed by atoms with E-state index in [1.165, 1.54) is 6.20 Å². The number of hydrogen-bond acceptors (Lipinski definition) is 5. The summed E-state index contributed by atoms with van der Waals surface area (Å²) in [6.45, 7) is 1.02. The Balaban J connectivity index is 1.51. The van der Waals surface area contributed by atoms with Gasteiger partial charge in [-0.05, 0) is 12.1 Å². The second-order valence-electron chi connectivity index (χ2n) is 5.21. The minimum absolute atomic E-state index is 0.00346. The fraction of sp³-hybridized carbons (Fsp3) is 0.111. The fourth-order valence-electron chi connectivity index (χ4n) is 2.42. The Kier molecular flexibility index (Phi) is 3.63. The van der Waals surface area contributed by atoms with E-state index in [1.54, 1.807) is 18.2 Å². The molecule has 0 aliphatic carbocycles. The number of nitrogens with one attached hydrogen (secondary N) is 1. The topological polar surface area (TPSA) is 73.6 Å². The van der Waals surface area contributed by atoms with Gasteiger partial charge >= 0.3 is 5.91 Å². The van der Waals surface area contributed by atoms with E-state index in [0.717, 1.165) is 5.56 Å². The maximum atomic E-state index is 12.3. The van der Waals surface area contributed by atoms with Crippen LogP contribution in [0.4, 0.5) is 5.69 Å². The molecule has 2 aromatic carbocycles. The van der Waals surface area contributed by atoms with Gasteiger partial charge in [0.1, 0.15) is 13.2 Å². The Labute approximate surface area is 138 Å². The zero-order valence-corrected chi connectivity index (χ0v) is 12.7. The van der Waals surface area contributed by atoms with Gasteiger partial charge in [0.25, 0.3) is 5.89 Å². The number of rotatable bonds is 3.